The number of rotatable bonds is 4. The summed E-state index contributed by atoms with van der Waals surface area (Å²) in [7, 11) is 3.02. The first-order valence-corrected chi connectivity index (χ1v) is 8.34. The summed E-state index contributed by atoms with van der Waals surface area (Å²) in [5.41, 5.74) is 1.80. The van der Waals surface area contributed by atoms with E-state index >= 15 is 0 Å². The molecule has 0 N–H and O–H groups in total. The van der Waals surface area contributed by atoms with Crippen molar-refractivity contribution >= 4 is 17.6 Å². The van der Waals surface area contributed by atoms with Gasteiger partial charge in [0, 0.05) is 24.1 Å². The Hall–Kier alpha value is -3.02. The molecule has 0 radical (unpaired) electrons. The highest BCUT2D eigenvalue weighted by Crippen LogP contribution is 2.39. The Labute approximate surface area is 152 Å². The first-order valence-electron chi connectivity index (χ1n) is 8.34. The molecule has 2 aromatic rings. The summed E-state index contributed by atoms with van der Waals surface area (Å²) in [4.78, 5) is 26.7. The Bertz CT molecular complexity index is 818. The van der Waals surface area contributed by atoms with E-state index in [0.29, 0.717) is 22.7 Å². The molecule has 26 heavy (non-hydrogen) atoms. The number of fused-ring (bicyclic) bond motifs is 1. The molecular weight excluding hydrogens is 334 g/mol. The summed E-state index contributed by atoms with van der Waals surface area (Å²) in [5.74, 6) is 0.862. The van der Waals surface area contributed by atoms with Crippen molar-refractivity contribution in [2.45, 2.75) is 26.0 Å². The van der Waals surface area contributed by atoms with Crippen molar-refractivity contribution in [2.75, 3.05) is 19.1 Å². The van der Waals surface area contributed by atoms with Gasteiger partial charge in [-0.15, -0.1) is 0 Å². The second-order valence-electron chi connectivity index (χ2n) is 6.11. The molecule has 0 fully saturated rings. The van der Waals surface area contributed by atoms with E-state index in [1.807, 2.05) is 37.3 Å². The normalized spacial score (nSPS) is 16.0. The second-order valence-corrected chi connectivity index (χ2v) is 6.11. The van der Waals surface area contributed by atoms with E-state index in [2.05, 4.69) is 0 Å². The third-order valence-electron chi connectivity index (χ3n) is 4.39. The molecule has 1 amide bonds. The fraction of sp³-hybridized carbons (Fsp3) is 0.300. The third kappa shape index (κ3) is 3.35. The van der Waals surface area contributed by atoms with Crippen molar-refractivity contribution in [1.82, 2.24) is 0 Å². The van der Waals surface area contributed by atoms with Crippen LogP contribution >= 0.6 is 0 Å². The first kappa shape index (κ1) is 17.8. The molecule has 1 atom stereocenters. The van der Waals surface area contributed by atoms with Gasteiger partial charge in [0.05, 0.1) is 19.9 Å². The standard InChI is InChI=1S/C20H21NO5/c1-13-9-17(22)15-10-18(24-2)19(25-3)11-16(15)21(13)20(23)26-12-14-7-5-4-6-8-14/h4-8,10-11,13H,9,12H2,1-3H3. The van der Waals surface area contributed by atoms with Crippen molar-refractivity contribution in [1.29, 1.82) is 0 Å². The number of carbonyl (C=O) groups is 2. The topological polar surface area (TPSA) is 65.1 Å². The lowest BCUT2D eigenvalue weighted by molar-refractivity contribution is 0.0964. The molecule has 1 heterocycles. The van der Waals surface area contributed by atoms with Gasteiger partial charge in [0.2, 0.25) is 0 Å². The van der Waals surface area contributed by atoms with Gasteiger partial charge in [-0.05, 0) is 18.6 Å². The highest BCUT2D eigenvalue weighted by Gasteiger charge is 2.35. The van der Waals surface area contributed by atoms with Gasteiger partial charge in [0.15, 0.2) is 17.3 Å². The maximum atomic E-state index is 12.7. The Kier molecular flexibility index (Phi) is 5.11. The van der Waals surface area contributed by atoms with E-state index in [-0.39, 0.29) is 24.9 Å². The highest BCUT2D eigenvalue weighted by molar-refractivity contribution is 6.08. The summed E-state index contributed by atoms with van der Waals surface area (Å²) >= 11 is 0. The van der Waals surface area contributed by atoms with Gasteiger partial charge in [-0.1, -0.05) is 30.3 Å². The Morgan fingerprint density at radius 2 is 1.77 bits per heavy atom. The Morgan fingerprint density at radius 3 is 2.42 bits per heavy atom. The number of nitrogens with zero attached hydrogens (tertiary/aromatic N) is 1. The molecule has 0 bridgehead atoms. The van der Waals surface area contributed by atoms with Gasteiger partial charge in [0.25, 0.3) is 0 Å². The zero-order valence-corrected chi connectivity index (χ0v) is 15.0. The average Bonchev–Trinajstić information content (AvgIpc) is 2.66. The van der Waals surface area contributed by atoms with Gasteiger partial charge >= 0.3 is 6.09 Å². The number of hydrogen-bond acceptors (Lipinski definition) is 5. The molecular formula is C20H21NO5. The van der Waals surface area contributed by atoms with Crippen molar-refractivity contribution in [2.24, 2.45) is 0 Å². The zero-order chi connectivity index (χ0) is 18.7. The van der Waals surface area contributed by atoms with Crippen LogP contribution in [0.4, 0.5) is 10.5 Å². The van der Waals surface area contributed by atoms with E-state index in [0.717, 1.165) is 5.56 Å². The molecule has 6 heteroatoms. The van der Waals surface area contributed by atoms with Crippen LogP contribution in [0.25, 0.3) is 0 Å². The van der Waals surface area contributed by atoms with Gasteiger partial charge in [-0.25, -0.2) is 4.79 Å². The number of hydrogen-bond donors (Lipinski definition) is 0. The van der Waals surface area contributed by atoms with E-state index < -0.39 is 6.09 Å². The number of anilines is 1. The van der Waals surface area contributed by atoms with Gasteiger partial charge < -0.3 is 14.2 Å². The van der Waals surface area contributed by atoms with Crippen LogP contribution in [-0.4, -0.2) is 32.1 Å². The lowest BCUT2D eigenvalue weighted by atomic mass is 9.95. The van der Waals surface area contributed by atoms with Crippen molar-refractivity contribution in [3.8, 4) is 11.5 Å². The number of amides is 1. The van der Waals surface area contributed by atoms with Crippen LogP contribution < -0.4 is 14.4 Å². The minimum atomic E-state index is -0.498. The van der Waals surface area contributed by atoms with Crippen LogP contribution in [0, 0.1) is 0 Å². The lowest BCUT2D eigenvalue weighted by Crippen LogP contribution is -2.44. The molecule has 0 aliphatic carbocycles. The fourth-order valence-electron chi connectivity index (χ4n) is 3.07. The van der Waals surface area contributed by atoms with Gasteiger partial charge in [0.1, 0.15) is 6.61 Å². The van der Waals surface area contributed by atoms with Crippen LogP contribution in [0.15, 0.2) is 42.5 Å². The molecule has 0 saturated carbocycles. The maximum Gasteiger partial charge on any atom is 0.414 e. The van der Waals surface area contributed by atoms with E-state index in [1.54, 1.807) is 12.1 Å². The number of carbonyl (C=O) groups excluding carboxylic acids is 2. The molecule has 1 aliphatic heterocycles. The van der Waals surface area contributed by atoms with Crippen molar-refractivity contribution < 1.29 is 23.8 Å². The molecule has 3 rings (SSSR count). The quantitative estimate of drug-likeness (QED) is 0.834. The van der Waals surface area contributed by atoms with Crippen LogP contribution in [0.5, 0.6) is 11.5 Å². The second kappa shape index (κ2) is 7.47. The molecule has 2 aromatic carbocycles. The summed E-state index contributed by atoms with van der Waals surface area (Å²) in [5, 5.41) is 0. The van der Waals surface area contributed by atoms with Crippen molar-refractivity contribution in [3.63, 3.8) is 0 Å². The molecule has 1 unspecified atom stereocenters. The Balaban J connectivity index is 1.91. The summed E-state index contributed by atoms with van der Waals surface area (Å²) in [6.07, 6.45) is -0.273. The Morgan fingerprint density at radius 1 is 1.12 bits per heavy atom. The smallest absolute Gasteiger partial charge is 0.414 e. The van der Waals surface area contributed by atoms with E-state index in [9.17, 15) is 9.59 Å². The predicted molar refractivity (Wildman–Crippen MR) is 97.1 cm³/mol. The van der Waals surface area contributed by atoms with Crippen LogP contribution in [-0.2, 0) is 11.3 Å². The SMILES string of the molecule is COc1cc2c(cc1OC)N(C(=O)OCc1ccccc1)C(C)CC2=O. The lowest BCUT2D eigenvalue weighted by Gasteiger charge is -2.34. The predicted octanol–water partition coefficient (Wildman–Crippen LogP) is 3.82. The first-order chi connectivity index (χ1) is 12.5. The molecule has 0 spiro atoms. The van der Waals surface area contributed by atoms with Crippen LogP contribution in [0.1, 0.15) is 29.3 Å². The van der Waals surface area contributed by atoms with Crippen LogP contribution in [0.3, 0.4) is 0 Å². The number of methoxy groups -OCH3 is 2. The maximum absolute atomic E-state index is 12.7. The largest absolute Gasteiger partial charge is 0.493 e. The zero-order valence-electron chi connectivity index (χ0n) is 15.0. The minimum Gasteiger partial charge on any atom is -0.493 e. The molecule has 136 valence electrons. The summed E-state index contributed by atoms with van der Waals surface area (Å²) in [6, 6.07) is 12.4. The molecule has 0 aromatic heterocycles. The van der Waals surface area contributed by atoms with Crippen molar-refractivity contribution in [3.05, 3.63) is 53.6 Å². The molecule has 6 nitrogen and oxygen atoms in total. The molecule has 1 aliphatic rings. The van der Waals surface area contributed by atoms with E-state index in [4.69, 9.17) is 14.2 Å². The monoisotopic (exact) mass is 355 g/mol. The number of benzene rings is 2. The van der Waals surface area contributed by atoms with Gasteiger partial charge in [-0.2, -0.15) is 0 Å². The average molecular weight is 355 g/mol. The third-order valence-corrected chi connectivity index (χ3v) is 4.39. The number of ketones is 1. The highest BCUT2D eigenvalue weighted by atomic mass is 16.6. The minimum absolute atomic E-state index is 0.0411. The number of ether oxygens (including phenoxy) is 3. The van der Waals surface area contributed by atoms with Gasteiger partial charge in [-0.3, -0.25) is 9.69 Å². The summed E-state index contributed by atoms with van der Waals surface area (Å²) in [6.45, 7) is 1.99. The molecule has 0 saturated heterocycles. The van der Waals surface area contributed by atoms with E-state index in [1.165, 1.54) is 19.1 Å². The summed E-state index contributed by atoms with van der Waals surface area (Å²) < 4.78 is 16.0. The van der Waals surface area contributed by atoms with Crippen LogP contribution in [0.2, 0.25) is 0 Å². The number of Topliss-reactive ketones (excluding diaryl/α,β-unsaturated/α-hetero) is 1. The fourth-order valence-corrected chi connectivity index (χ4v) is 3.07.